The number of nitrogen functional groups attached to an aromatic ring is 1. The van der Waals surface area contributed by atoms with Gasteiger partial charge in [-0.15, -0.1) is 0 Å². The van der Waals surface area contributed by atoms with E-state index in [9.17, 15) is 14.4 Å². The summed E-state index contributed by atoms with van der Waals surface area (Å²) in [7, 11) is 0. The number of nitrogens with zero attached hydrogens (tertiary/aromatic N) is 3. The summed E-state index contributed by atoms with van der Waals surface area (Å²) in [6, 6.07) is 10.7. The number of piperidine rings is 1. The summed E-state index contributed by atoms with van der Waals surface area (Å²) in [5.74, 6) is -0.125. The highest BCUT2D eigenvalue weighted by Crippen LogP contribution is 2.40. The molecule has 2 heterocycles. The molecule has 9 heteroatoms. The molecule has 1 saturated heterocycles. The normalized spacial score (nSPS) is 19.9. The van der Waals surface area contributed by atoms with Gasteiger partial charge in [-0.25, -0.2) is 9.37 Å². The number of alkyl halides is 1. The SMILES string of the molecule is CCc1c(N)c(N2CC[C@@H](N)[C@@H](F)C2)nc(SC(C(N)=O)c2ccccc2)c1C#N. The molecule has 1 aliphatic rings. The monoisotopic (exact) mass is 428 g/mol. The predicted molar refractivity (Wildman–Crippen MR) is 117 cm³/mol. The Kier molecular flexibility index (Phi) is 6.80. The molecule has 2 aromatic rings. The number of anilines is 2. The first kappa shape index (κ1) is 21.9. The second-order valence-electron chi connectivity index (χ2n) is 7.20. The number of pyridine rings is 1. The van der Waals surface area contributed by atoms with E-state index in [2.05, 4.69) is 11.1 Å². The highest BCUT2D eigenvalue weighted by molar-refractivity contribution is 8.00. The van der Waals surface area contributed by atoms with Crippen molar-refractivity contribution in [1.29, 1.82) is 5.26 Å². The van der Waals surface area contributed by atoms with Crippen LogP contribution in [0.15, 0.2) is 35.4 Å². The number of carbonyl (C=O) groups excluding carboxylic acids is 1. The van der Waals surface area contributed by atoms with E-state index in [0.717, 1.165) is 11.8 Å². The second kappa shape index (κ2) is 9.32. The molecule has 1 aliphatic heterocycles. The van der Waals surface area contributed by atoms with Crippen LogP contribution in [-0.2, 0) is 11.2 Å². The number of benzene rings is 1. The van der Waals surface area contributed by atoms with Gasteiger partial charge in [-0.05, 0) is 24.0 Å². The number of aromatic nitrogens is 1. The van der Waals surface area contributed by atoms with Crippen LogP contribution in [0.25, 0.3) is 0 Å². The number of hydrogen-bond acceptors (Lipinski definition) is 7. The van der Waals surface area contributed by atoms with Gasteiger partial charge in [0, 0.05) is 12.6 Å². The lowest BCUT2D eigenvalue weighted by Crippen LogP contribution is -2.49. The van der Waals surface area contributed by atoms with Crippen LogP contribution in [-0.4, -0.2) is 36.2 Å². The fourth-order valence-corrected chi connectivity index (χ4v) is 4.62. The topological polar surface area (TPSA) is 135 Å². The van der Waals surface area contributed by atoms with Crippen molar-refractivity contribution in [2.45, 2.75) is 42.3 Å². The van der Waals surface area contributed by atoms with Gasteiger partial charge < -0.3 is 22.1 Å². The zero-order valence-corrected chi connectivity index (χ0v) is 17.5. The maximum absolute atomic E-state index is 14.3. The maximum atomic E-state index is 14.3. The Bertz CT molecular complexity index is 964. The van der Waals surface area contributed by atoms with E-state index < -0.39 is 23.4 Å². The summed E-state index contributed by atoms with van der Waals surface area (Å²) >= 11 is 1.11. The third-order valence-corrected chi connectivity index (χ3v) is 6.49. The number of rotatable bonds is 6. The van der Waals surface area contributed by atoms with E-state index in [1.807, 2.05) is 25.1 Å². The van der Waals surface area contributed by atoms with E-state index in [0.29, 0.717) is 52.6 Å². The minimum atomic E-state index is -1.19. The van der Waals surface area contributed by atoms with Crippen molar-refractivity contribution in [3.8, 4) is 6.07 Å². The molecule has 3 rings (SSSR count). The van der Waals surface area contributed by atoms with Crippen LogP contribution in [0, 0.1) is 11.3 Å². The fraction of sp³-hybridized carbons (Fsp3) is 0.381. The number of hydrogen-bond donors (Lipinski definition) is 3. The van der Waals surface area contributed by atoms with Crippen LogP contribution < -0.4 is 22.1 Å². The zero-order chi connectivity index (χ0) is 21.8. The molecule has 30 heavy (non-hydrogen) atoms. The number of nitriles is 1. The lowest BCUT2D eigenvalue weighted by atomic mass is 10.0. The first-order valence-electron chi connectivity index (χ1n) is 9.75. The van der Waals surface area contributed by atoms with Gasteiger partial charge in [0.2, 0.25) is 5.91 Å². The molecule has 158 valence electrons. The smallest absolute Gasteiger partial charge is 0.235 e. The summed E-state index contributed by atoms with van der Waals surface area (Å²) in [5.41, 5.74) is 19.8. The molecule has 0 spiro atoms. The minimum absolute atomic E-state index is 0.0788. The second-order valence-corrected chi connectivity index (χ2v) is 8.29. The van der Waals surface area contributed by atoms with Crippen LogP contribution in [0.3, 0.4) is 0 Å². The zero-order valence-electron chi connectivity index (χ0n) is 16.7. The molecule has 6 N–H and O–H groups in total. The van der Waals surface area contributed by atoms with Gasteiger partial charge in [0.25, 0.3) is 0 Å². The molecule has 0 saturated carbocycles. The highest BCUT2D eigenvalue weighted by atomic mass is 32.2. The number of thioether (sulfide) groups is 1. The Labute approximate surface area is 179 Å². The molecule has 1 fully saturated rings. The van der Waals surface area contributed by atoms with Crippen LogP contribution in [0.4, 0.5) is 15.9 Å². The van der Waals surface area contributed by atoms with E-state index in [1.165, 1.54) is 0 Å². The van der Waals surface area contributed by atoms with E-state index >= 15 is 0 Å². The van der Waals surface area contributed by atoms with Crippen LogP contribution in [0.1, 0.15) is 35.3 Å². The first-order valence-corrected chi connectivity index (χ1v) is 10.6. The molecule has 0 bridgehead atoms. The summed E-state index contributed by atoms with van der Waals surface area (Å²) < 4.78 is 14.3. The van der Waals surface area contributed by atoms with Gasteiger partial charge in [-0.2, -0.15) is 5.26 Å². The van der Waals surface area contributed by atoms with Gasteiger partial charge >= 0.3 is 0 Å². The molecule has 1 amide bonds. The summed E-state index contributed by atoms with van der Waals surface area (Å²) in [4.78, 5) is 18.6. The molecule has 1 aromatic heterocycles. The van der Waals surface area contributed by atoms with Gasteiger partial charge in [0.05, 0.1) is 17.8 Å². The van der Waals surface area contributed by atoms with Crippen molar-refractivity contribution in [2.75, 3.05) is 23.7 Å². The largest absolute Gasteiger partial charge is 0.395 e. The van der Waals surface area contributed by atoms with Crippen molar-refractivity contribution in [2.24, 2.45) is 11.5 Å². The van der Waals surface area contributed by atoms with Crippen molar-refractivity contribution >= 4 is 29.2 Å². The summed E-state index contributed by atoms with van der Waals surface area (Å²) in [6.45, 7) is 2.48. The summed E-state index contributed by atoms with van der Waals surface area (Å²) in [5, 5.41) is 9.42. The van der Waals surface area contributed by atoms with E-state index in [1.54, 1.807) is 17.0 Å². The fourth-order valence-electron chi connectivity index (χ4n) is 3.57. The van der Waals surface area contributed by atoms with Gasteiger partial charge in [0.15, 0.2) is 5.82 Å². The number of halogens is 1. The third-order valence-electron chi connectivity index (χ3n) is 5.24. The van der Waals surface area contributed by atoms with Crippen molar-refractivity contribution < 1.29 is 9.18 Å². The summed E-state index contributed by atoms with van der Waals surface area (Å²) in [6.07, 6.45) is -0.226. The van der Waals surface area contributed by atoms with Gasteiger partial charge in [-0.3, -0.25) is 4.79 Å². The molecule has 1 aromatic carbocycles. The number of carbonyl (C=O) groups is 1. The molecule has 0 aliphatic carbocycles. The Morgan fingerprint density at radius 2 is 2.13 bits per heavy atom. The Balaban J connectivity index is 2.07. The molecular weight excluding hydrogens is 403 g/mol. The number of amides is 1. The van der Waals surface area contributed by atoms with Gasteiger partial charge in [0.1, 0.15) is 22.5 Å². The quantitative estimate of drug-likeness (QED) is 0.601. The minimum Gasteiger partial charge on any atom is -0.395 e. The van der Waals surface area contributed by atoms with E-state index in [-0.39, 0.29) is 6.54 Å². The highest BCUT2D eigenvalue weighted by Gasteiger charge is 2.31. The molecule has 7 nitrogen and oxygen atoms in total. The average Bonchev–Trinajstić information content (AvgIpc) is 2.74. The van der Waals surface area contributed by atoms with Crippen molar-refractivity contribution in [1.82, 2.24) is 4.98 Å². The van der Waals surface area contributed by atoms with E-state index in [4.69, 9.17) is 17.2 Å². The van der Waals surface area contributed by atoms with Crippen molar-refractivity contribution in [3.63, 3.8) is 0 Å². The first-order chi connectivity index (χ1) is 14.4. The Hall–Kier alpha value is -2.83. The number of nitrogens with two attached hydrogens (primary N) is 3. The Morgan fingerprint density at radius 1 is 1.43 bits per heavy atom. The maximum Gasteiger partial charge on any atom is 0.235 e. The van der Waals surface area contributed by atoms with Crippen molar-refractivity contribution in [3.05, 3.63) is 47.0 Å². The van der Waals surface area contributed by atoms with Gasteiger partial charge in [-0.1, -0.05) is 49.0 Å². The number of primary amides is 1. The standard InChI is InChI=1S/C21H25FN6OS/c1-2-13-14(10-23)21(30-18(19(26)29)12-6-4-3-5-7-12)27-20(17(13)25)28-9-8-16(24)15(22)11-28/h3-7,15-16,18H,2,8-9,11,24-25H2,1H3,(H2,26,29)/t15-,16+,18?/m0/s1. The van der Waals surface area contributed by atoms with Crippen LogP contribution in [0.2, 0.25) is 0 Å². The predicted octanol–water partition coefficient (Wildman–Crippen LogP) is 2.29. The third kappa shape index (κ3) is 4.35. The Morgan fingerprint density at radius 3 is 2.70 bits per heavy atom. The lowest BCUT2D eigenvalue weighted by Gasteiger charge is -2.35. The molecule has 1 unspecified atom stereocenters. The molecule has 3 atom stereocenters. The van der Waals surface area contributed by atoms with Crippen LogP contribution in [0.5, 0.6) is 0 Å². The average molecular weight is 429 g/mol. The molecular formula is C21H25FN6OS. The lowest BCUT2D eigenvalue weighted by molar-refractivity contribution is -0.117. The van der Waals surface area contributed by atoms with Crippen LogP contribution >= 0.6 is 11.8 Å². The molecule has 0 radical (unpaired) electrons.